The van der Waals surface area contributed by atoms with Crippen molar-refractivity contribution in [2.24, 2.45) is 5.18 Å². The van der Waals surface area contributed by atoms with Crippen molar-refractivity contribution in [3.05, 3.63) is 63.9 Å². The van der Waals surface area contributed by atoms with Gasteiger partial charge in [-0.3, -0.25) is 14.4 Å². The van der Waals surface area contributed by atoms with E-state index in [9.17, 15) is 19.3 Å². The highest BCUT2D eigenvalue weighted by Crippen LogP contribution is 2.29. The van der Waals surface area contributed by atoms with Crippen LogP contribution in [0.1, 0.15) is 28.8 Å². The number of hydrogen-bond acceptors (Lipinski definition) is 8. The molecule has 0 unspecified atom stereocenters. The van der Waals surface area contributed by atoms with Gasteiger partial charge in [0.25, 0.3) is 5.91 Å². The molecule has 0 radical (unpaired) electrons. The molecule has 1 fully saturated rings. The van der Waals surface area contributed by atoms with Crippen molar-refractivity contribution in [2.45, 2.75) is 19.4 Å². The van der Waals surface area contributed by atoms with E-state index >= 15 is 0 Å². The first-order chi connectivity index (χ1) is 16.9. The molecule has 1 aromatic heterocycles. The smallest absolute Gasteiger partial charge is 0.255 e. The number of carbonyl (C=O) groups excluding carboxylic acids is 3. The second-order valence-electron chi connectivity index (χ2n) is 8.37. The van der Waals surface area contributed by atoms with Gasteiger partial charge in [0.1, 0.15) is 17.9 Å². The number of likely N-dealkylation sites (N-methyl/N-ethyl adjacent to an activating group) is 1. The molecule has 0 saturated carbocycles. The lowest BCUT2D eigenvalue weighted by molar-refractivity contribution is -0.129. The first-order valence-electron chi connectivity index (χ1n) is 11.0. The molecule has 1 saturated heterocycles. The van der Waals surface area contributed by atoms with Crippen LogP contribution in [-0.4, -0.2) is 64.3 Å². The SMILES string of the molecule is CN(C)C(=O)CN1Cc2ccc(N3CCCC3=O)cc2C1=O.O=Nc1ccc(-c2csnn2)cc1. The Morgan fingerprint density at radius 2 is 1.91 bits per heavy atom. The van der Waals surface area contributed by atoms with Crippen molar-refractivity contribution in [1.29, 1.82) is 0 Å². The molecule has 35 heavy (non-hydrogen) atoms. The van der Waals surface area contributed by atoms with Gasteiger partial charge in [0.15, 0.2) is 0 Å². The average Bonchev–Trinajstić information content (AvgIpc) is 3.61. The van der Waals surface area contributed by atoms with Crippen molar-refractivity contribution in [3.8, 4) is 11.3 Å². The van der Waals surface area contributed by atoms with E-state index in [1.165, 1.54) is 16.4 Å². The second-order valence-corrected chi connectivity index (χ2v) is 8.98. The summed E-state index contributed by atoms with van der Waals surface area (Å²) in [4.78, 5) is 50.9. The molecule has 0 aliphatic carbocycles. The van der Waals surface area contributed by atoms with Gasteiger partial charge in [0.05, 0.1) is 0 Å². The van der Waals surface area contributed by atoms with Crippen LogP contribution in [0.3, 0.4) is 0 Å². The highest BCUT2D eigenvalue weighted by Gasteiger charge is 2.31. The Morgan fingerprint density at radius 3 is 2.51 bits per heavy atom. The minimum absolute atomic E-state index is 0.0818. The van der Waals surface area contributed by atoms with Gasteiger partial charge >= 0.3 is 0 Å². The van der Waals surface area contributed by atoms with E-state index in [1.807, 2.05) is 17.5 Å². The van der Waals surface area contributed by atoms with Crippen molar-refractivity contribution in [3.63, 3.8) is 0 Å². The molecule has 0 bridgehead atoms. The number of hydrogen-bond donors (Lipinski definition) is 0. The van der Waals surface area contributed by atoms with Crippen molar-refractivity contribution in [2.75, 3.05) is 32.1 Å². The van der Waals surface area contributed by atoms with Crippen molar-refractivity contribution in [1.82, 2.24) is 19.4 Å². The summed E-state index contributed by atoms with van der Waals surface area (Å²) in [6.45, 7) is 1.23. The molecule has 3 heterocycles. The maximum Gasteiger partial charge on any atom is 0.255 e. The molecular formula is C24H24N6O4S. The maximum atomic E-state index is 12.5. The third kappa shape index (κ3) is 5.40. The van der Waals surface area contributed by atoms with Gasteiger partial charge in [-0.25, -0.2) is 0 Å². The van der Waals surface area contributed by atoms with Gasteiger partial charge in [0, 0.05) is 55.8 Å². The number of benzene rings is 2. The fraction of sp³-hybridized carbons (Fsp3) is 0.292. The van der Waals surface area contributed by atoms with Crippen LogP contribution in [-0.2, 0) is 16.1 Å². The number of fused-ring (bicyclic) bond motifs is 1. The van der Waals surface area contributed by atoms with Crippen LogP contribution >= 0.6 is 11.5 Å². The quantitative estimate of drug-likeness (QED) is 0.504. The lowest BCUT2D eigenvalue weighted by Gasteiger charge is -2.18. The molecule has 3 amide bonds. The average molecular weight is 493 g/mol. The molecule has 10 nitrogen and oxygen atoms in total. The minimum atomic E-state index is -0.140. The molecule has 2 aliphatic heterocycles. The molecule has 0 atom stereocenters. The van der Waals surface area contributed by atoms with Crippen molar-refractivity contribution >= 4 is 40.6 Å². The molecule has 0 spiro atoms. The van der Waals surface area contributed by atoms with Gasteiger partial charge in [-0.05, 0) is 53.0 Å². The van der Waals surface area contributed by atoms with Crippen LogP contribution < -0.4 is 4.90 Å². The predicted octanol–water partition coefficient (Wildman–Crippen LogP) is 3.46. The first kappa shape index (κ1) is 24.1. The molecule has 3 aromatic rings. The van der Waals surface area contributed by atoms with Crippen LogP contribution in [0.4, 0.5) is 11.4 Å². The van der Waals surface area contributed by atoms with Gasteiger partial charge in [-0.15, -0.1) is 10.0 Å². The Kier molecular flexibility index (Phi) is 7.25. The third-order valence-electron chi connectivity index (χ3n) is 5.81. The lowest BCUT2D eigenvalue weighted by Crippen LogP contribution is -2.36. The van der Waals surface area contributed by atoms with Gasteiger partial charge in [-0.1, -0.05) is 22.7 Å². The van der Waals surface area contributed by atoms with E-state index < -0.39 is 0 Å². The van der Waals surface area contributed by atoms with E-state index in [-0.39, 0.29) is 24.3 Å². The normalized spacial score (nSPS) is 14.5. The molecular weight excluding hydrogens is 468 g/mol. The van der Waals surface area contributed by atoms with E-state index in [1.54, 1.807) is 54.2 Å². The largest absolute Gasteiger partial charge is 0.347 e. The van der Waals surface area contributed by atoms with Crippen LogP contribution in [0.25, 0.3) is 11.3 Å². The molecule has 11 heteroatoms. The zero-order valence-electron chi connectivity index (χ0n) is 19.4. The lowest BCUT2D eigenvalue weighted by atomic mass is 10.1. The summed E-state index contributed by atoms with van der Waals surface area (Å²) in [5, 5.41) is 8.56. The van der Waals surface area contributed by atoms with E-state index in [4.69, 9.17) is 0 Å². The van der Waals surface area contributed by atoms with Crippen LogP contribution in [0.15, 0.2) is 53.0 Å². The second kappa shape index (κ2) is 10.5. The van der Waals surface area contributed by atoms with E-state index in [2.05, 4.69) is 14.8 Å². The summed E-state index contributed by atoms with van der Waals surface area (Å²) in [5.41, 5.74) is 4.47. The summed E-state index contributed by atoms with van der Waals surface area (Å²) in [5.74, 6) is -0.139. The molecule has 0 N–H and O–H groups in total. The Bertz CT molecular complexity index is 1240. The van der Waals surface area contributed by atoms with Crippen LogP contribution in [0, 0.1) is 4.91 Å². The van der Waals surface area contributed by atoms with Gasteiger partial charge in [-0.2, -0.15) is 0 Å². The predicted molar refractivity (Wildman–Crippen MR) is 132 cm³/mol. The molecule has 180 valence electrons. The van der Waals surface area contributed by atoms with Crippen LogP contribution in [0.2, 0.25) is 0 Å². The third-order valence-corrected chi connectivity index (χ3v) is 6.32. The molecule has 2 aromatic carbocycles. The summed E-state index contributed by atoms with van der Waals surface area (Å²) in [6.07, 6.45) is 1.42. The zero-order valence-corrected chi connectivity index (χ0v) is 20.2. The highest BCUT2D eigenvalue weighted by molar-refractivity contribution is 7.03. The Morgan fingerprint density at radius 1 is 1.14 bits per heavy atom. The van der Waals surface area contributed by atoms with Crippen molar-refractivity contribution < 1.29 is 14.4 Å². The van der Waals surface area contributed by atoms with Gasteiger partial charge < -0.3 is 14.7 Å². The number of nitroso groups, excluding NO2 is 1. The topological polar surface area (TPSA) is 116 Å². The molecule has 5 rings (SSSR count). The molecule has 2 aliphatic rings. The Hall–Kier alpha value is -3.99. The maximum absolute atomic E-state index is 12.5. The summed E-state index contributed by atoms with van der Waals surface area (Å²) < 4.78 is 3.75. The fourth-order valence-electron chi connectivity index (χ4n) is 3.85. The fourth-order valence-corrected chi connectivity index (χ4v) is 4.32. The number of rotatable bonds is 5. The highest BCUT2D eigenvalue weighted by atomic mass is 32.1. The van der Waals surface area contributed by atoms with Crippen LogP contribution in [0.5, 0.6) is 0 Å². The Balaban J connectivity index is 0.000000189. The zero-order chi connectivity index (χ0) is 24.9. The Labute approximate surface area is 206 Å². The summed E-state index contributed by atoms with van der Waals surface area (Å²) in [7, 11) is 3.35. The number of amides is 3. The van der Waals surface area contributed by atoms with Gasteiger partial charge in [0.2, 0.25) is 11.8 Å². The number of carbonyl (C=O) groups is 3. The summed E-state index contributed by atoms with van der Waals surface area (Å²) >= 11 is 1.30. The monoisotopic (exact) mass is 492 g/mol. The number of anilines is 1. The van der Waals surface area contributed by atoms with E-state index in [0.717, 1.165) is 28.9 Å². The number of aromatic nitrogens is 2. The van der Waals surface area contributed by atoms with E-state index in [0.29, 0.717) is 30.8 Å². The minimum Gasteiger partial charge on any atom is -0.347 e. The first-order valence-corrected chi connectivity index (χ1v) is 11.8. The standard InChI is InChI=1S/C16H19N3O3.C8H5N3OS/c1-17(2)15(21)10-18-9-11-5-6-12(8-13(11)16(18)22)19-7-3-4-14(19)20;12-10-7-3-1-6(2-4-7)8-5-13-11-9-8/h5-6,8H,3-4,7,9-10H2,1-2H3;1-5H. The summed E-state index contributed by atoms with van der Waals surface area (Å²) in [6, 6.07) is 12.5. The number of nitrogens with zero attached hydrogens (tertiary/aromatic N) is 6.